The van der Waals surface area contributed by atoms with Crippen LogP contribution in [0.3, 0.4) is 0 Å². The van der Waals surface area contributed by atoms with E-state index in [2.05, 4.69) is 0 Å². The van der Waals surface area contributed by atoms with Crippen molar-refractivity contribution in [3.8, 4) is 0 Å². The second-order valence-electron chi connectivity index (χ2n) is 3.22. The van der Waals surface area contributed by atoms with Crippen LogP contribution in [0.4, 0.5) is 5.69 Å². The monoisotopic (exact) mass is 290 g/mol. The van der Waals surface area contributed by atoms with Crippen LogP contribution in [0.25, 0.3) is 0 Å². The van der Waals surface area contributed by atoms with Gasteiger partial charge in [0.05, 0.1) is 15.7 Å². The van der Waals surface area contributed by atoms with E-state index < -0.39 is 17.9 Å². The number of primary amides is 1. The zero-order chi connectivity index (χ0) is 13.9. The van der Waals surface area contributed by atoms with Crippen molar-refractivity contribution >= 4 is 47.1 Å². The Morgan fingerprint density at radius 1 is 1.33 bits per heavy atom. The number of hydrogen-bond acceptors (Lipinski definition) is 4. The van der Waals surface area contributed by atoms with Gasteiger partial charge in [0.25, 0.3) is 11.8 Å². The number of imide groups is 1. The van der Waals surface area contributed by atoms with Crippen LogP contribution in [-0.4, -0.2) is 29.4 Å². The van der Waals surface area contributed by atoms with Crippen molar-refractivity contribution < 1.29 is 19.5 Å². The molecule has 0 spiro atoms. The molecular weight excluding hydrogens is 283 g/mol. The number of nitrogens with zero attached hydrogens (tertiary/aromatic N) is 1. The van der Waals surface area contributed by atoms with Gasteiger partial charge < -0.3 is 10.8 Å². The molecule has 0 aliphatic rings. The van der Waals surface area contributed by atoms with E-state index in [1.807, 2.05) is 0 Å². The average molecular weight is 291 g/mol. The van der Waals surface area contributed by atoms with Crippen LogP contribution < -0.4 is 10.6 Å². The summed E-state index contributed by atoms with van der Waals surface area (Å²) < 4.78 is 0. The van der Waals surface area contributed by atoms with E-state index in [4.69, 9.17) is 28.9 Å². The first kappa shape index (κ1) is 14.4. The van der Waals surface area contributed by atoms with Crippen molar-refractivity contribution in [2.24, 2.45) is 5.73 Å². The summed E-state index contributed by atoms with van der Waals surface area (Å²) in [6.45, 7) is 0. The lowest BCUT2D eigenvalue weighted by atomic mass is 10.2. The van der Waals surface area contributed by atoms with E-state index in [1.54, 1.807) is 0 Å². The molecule has 3 amide bonds. The highest BCUT2D eigenvalue weighted by Crippen LogP contribution is 2.27. The third-order valence-electron chi connectivity index (χ3n) is 2.03. The van der Waals surface area contributed by atoms with Crippen molar-refractivity contribution in [3.63, 3.8) is 0 Å². The van der Waals surface area contributed by atoms with Crippen molar-refractivity contribution in [3.05, 3.63) is 28.2 Å². The van der Waals surface area contributed by atoms with Gasteiger partial charge in [0.1, 0.15) is 0 Å². The van der Waals surface area contributed by atoms with E-state index in [-0.39, 0.29) is 22.1 Å². The predicted octanol–water partition coefficient (Wildman–Crippen LogP) is 0.329. The van der Waals surface area contributed by atoms with E-state index in [1.165, 1.54) is 18.2 Å². The van der Waals surface area contributed by atoms with Crippen molar-refractivity contribution in [1.29, 1.82) is 0 Å². The molecule has 1 rings (SSSR count). The third kappa shape index (κ3) is 2.98. The molecule has 8 heteroatoms. The standard InChI is InChI=1S/C10H8Cl2N2O4/c11-6-2-1-5(3-7(6)12)14(4-15)10(18)8(16)9(13)17/h1-4,8,16H,(H2,13,17). The molecule has 18 heavy (non-hydrogen) atoms. The zero-order valence-corrected chi connectivity index (χ0v) is 10.4. The third-order valence-corrected chi connectivity index (χ3v) is 2.77. The van der Waals surface area contributed by atoms with E-state index in [0.717, 1.165) is 0 Å². The summed E-state index contributed by atoms with van der Waals surface area (Å²) in [7, 11) is 0. The van der Waals surface area contributed by atoms with Crippen LogP contribution in [0.2, 0.25) is 10.0 Å². The summed E-state index contributed by atoms with van der Waals surface area (Å²) in [6, 6.07) is 3.93. The maximum Gasteiger partial charge on any atom is 0.272 e. The van der Waals surface area contributed by atoms with Crippen molar-refractivity contribution in [2.75, 3.05) is 4.90 Å². The number of carbonyl (C=O) groups is 3. The number of rotatable bonds is 4. The van der Waals surface area contributed by atoms with Gasteiger partial charge in [-0.1, -0.05) is 23.2 Å². The number of anilines is 1. The lowest BCUT2D eigenvalue weighted by Crippen LogP contribution is -2.45. The first-order chi connectivity index (χ1) is 8.38. The van der Waals surface area contributed by atoms with E-state index >= 15 is 0 Å². The van der Waals surface area contributed by atoms with Gasteiger partial charge in [-0.15, -0.1) is 0 Å². The Bertz CT molecular complexity index is 507. The molecule has 0 heterocycles. The van der Waals surface area contributed by atoms with Crippen molar-refractivity contribution in [2.45, 2.75) is 6.10 Å². The Balaban J connectivity index is 3.10. The summed E-state index contributed by atoms with van der Waals surface area (Å²) in [4.78, 5) is 33.6. The lowest BCUT2D eigenvalue weighted by molar-refractivity contribution is -0.138. The molecule has 96 valence electrons. The van der Waals surface area contributed by atoms with Crippen LogP contribution in [0.1, 0.15) is 0 Å². The highest BCUT2D eigenvalue weighted by molar-refractivity contribution is 6.42. The second-order valence-corrected chi connectivity index (χ2v) is 4.03. The molecule has 1 unspecified atom stereocenters. The Kier molecular flexibility index (Phi) is 4.66. The fraction of sp³-hybridized carbons (Fsp3) is 0.100. The molecule has 6 nitrogen and oxygen atoms in total. The molecule has 0 aliphatic carbocycles. The topological polar surface area (TPSA) is 101 Å². The molecule has 1 aromatic rings. The average Bonchev–Trinajstić information content (AvgIpc) is 2.33. The van der Waals surface area contributed by atoms with Gasteiger partial charge in [-0.05, 0) is 18.2 Å². The maximum atomic E-state index is 11.6. The number of benzene rings is 1. The van der Waals surface area contributed by atoms with Crippen LogP contribution in [-0.2, 0) is 14.4 Å². The van der Waals surface area contributed by atoms with Gasteiger partial charge >= 0.3 is 0 Å². The summed E-state index contributed by atoms with van der Waals surface area (Å²) in [5, 5.41) is 9.54. The minimum absolute atomic E-state index is 0.0599. The minimum atomic E-state index is -2.11. The van der Waals surface area contributed by atoms with Gasteiger partial charge in [0, 0.05) is 0 Å². The zero-order valence-electron chi connectivity index (χ0n) is 8.84. The molecule has 0 aliphatic heterocycles. The smallest absolute Gasteiger partial charge is 0.272 e. The number of hydrogen-bond donors (Lipinski definition) is 2. The molecule has 0 aromatic heterocycles. The van der Waals surface area contributed by atoms with Gasteiger partial charge in [0.2, 0.25) is 12.5 Å². The van der Waals surface area contributed by atoms with Gasteiger partial charge in [0.15, 0.2) is 0 Å². The minimum Gasteiger partial charge on any atom is -0.375 e. The number of carbonyl (C=O) groups excluding carboxylic acids is 3. The molecule has 0 radical (unpaired) electrons. The maximum absolute atomic E-state index is 11.6. The highest BCUT2D eigenvalue weighted by Gasteiger charge is 2.27. The summed E-state index contributed by atoms with van der Waals surface area (Å²) in [5.41, 5.74) is 4.82. The Morgan fingerprint density at radius 3 is 2.39 bits per heavy atom. The summed E-state index contributed by atoms with van der Waals surface area (Å²) in [5.74, 6) is -2.43. The normalized spacial score (nSPS) is 11.7. The molecule has 1 atom stereocenters. The Hall–Kier alpha value is -1.63. The van der Waals surface area contributed by atoms with Crippen LogP contribution in [0, 0.1) is 0 Å². The number of aliphatic hydroxyl groups excluding tert-OH is 1. The first-order valence-corrected chi connectivity index (χ1v) is 5.35. The summed E-state index contributed by atoms with van der Waals surface area (Å²) in [6.07, 6.45) is -1.97. The fourth-order valence-electron chi connectivity index (χ4n) is 1.13. The number of aliphatic hydroxyl groups is 1. The number of nitrogens with two attached hydrogens (primary N) is 1. The molecule has 0 saturated heterocycles. The van der Waals surface area contributed by atoms with Gasteiger partial charge in [-0.2, -0.15) is 0 Å². The molecule has 0 bridgehead atoms. The molecule has 3 N–H and O–H groups in total. The summed E-state index contributed by atoms with van der Waals surface area (Å²) >= 11 is 11.4. The van der Waals surface area contributed by atoms with Crippen LogP contribution >= 0.6 is 23.2 Å². The molecule has 1 aromatic carbocycles. The highest BCUT2D eigenvalue weighted by atomic mass is 35.5. The quantitative estimate of drug-likeness (QED) is 0.616. The lowest BCUT2D eigenvalue weighted by Gasteiger charge is -2.17. The van der Waals surface area contributed by atoms with Gasteiger partial charge in [-0.3, -0.25) is 19.3 Å². The Labute approximate surface area is 112 Å². The molecular formula is C10H8Cl2N2O4. The van der Waals surface area contributed by atoms with E-state index in [9.17, 15) is 19.5 Å². The second kappa shape index (κ2) is 5.81. The number of amides is 3. The predicted molar refractivity (Wildman–Crippen MR) is 65.2 cm³/mol. The van der Waals surface area contributed by atoms with Crippen molar-refractivity contribution in [1.82, 2.24) is 0 Å². The van der Waals surface area contributed by atoms with Crippen LogP contribution in [0.5, 0.6) is 0 Å². The van der Waals surface area contributed by atoms with Gasteiger partial charge in [-0.25, -0.2) is 0 Å². The molecule has 0 fully saturated rings. The first-order valence-electron chi connectivity index (χ1n) is 4.59. The van der Waals surface area contributed by atoms with Crippen LogP contribution in [0.15, 0.2) is 18.2 Å². The Morgan fingerprint density at radius 2 is 1.94 bits per heavy atom. The largest absolute Gasteiger partial charge is 0.375 e. The fourth-order valence-corrected chi connectivity index (χ4v) is 1.42. The SMILES string of the molecule is NC(=O)C(O)C(=O)N(C=O)c1ccc(Cl)c(Cl)c1. The van der Waals surface area contributed by atoms with E-state index in [0.29, 0.717) is 4.90 Å². The number of halogens is 2. The molecule has 0 saturated carbocycles.